The number of hydrogen-bond donors (Lipinski definition) is 2. The van der Waals surface area contributed by atoms with Crippen LogP contribution in [-0.4, -0.2) is 66.6 Å². The predicted octanol–water partition coefficient (Wildman–Crippen LogP) is 5.29. The number of nitrogens with zero attached hydrogens (tertiary/aromatic N) is 1. The lowest BCUT2D eigenvalue weighted by atomic mass is 9.98. The number of fused-ring (bicyclic) bond motifs is 3. The third kappa shape index (κ3) is 5.51. The molecule has 1 saturated heterocycles. The van der Waals surface area contributed by atoms with Crippen molar-refractivity contribution in [3.8, 4) is 22.6 Å². The van der Waals surface area contributed by atoms with Gasteiger partial charge in [0.15, 0.2) is 0 Å². The van der Waals surface area contributed by atoms with Crippen molar-refractivity contribution in [1.82, 2.24) is 10.2 Å². The summed E-state index contributed by atoms with van der Waals surface area (Å²) in [6.45, 7) is 3.70. The second-order valence-electron chi connectivity index (χ2n) is 10.6. The van der Waals surface area contributed by atoms with E-state index in [0.29, 0.717) is 17.1 Å². The van der Waals surface area contributed by atoms with E-state index in [1.54, 1.807) is 32.0 Å². The van der Waals surface area contributed by atoms with Crippen LogP contribution in [0.15, 0.2) is 66.7 Å². The van der Waals surface area contributed by atoms with Crippen molar-refractivity contribution in [2.75, 3.05) is 26.6 Å². The van der Waals surface area contributed by atoms with Crippen molar-refractivity contribution in [2.45, 2.75) is 37.2 Å². The molecular formula is C32H34N2O7S. The standard InChI is InChI=1S/C32H34N2O7S/c1-18(2)28(33-32(38)41-16-25-22-11-7-5-9-20(22)21-10-6-8-12-23(21)25)29(35)34-26(31(36)37)17-42-30(34)24-14-13-19(39-3)15-27(24)40-4/h5-15,18,25-26,28,30H,16-17H2,1-4H3,(H,33,38)(H,36,37)/t26-,28+,30+/m0/s1. The van der Waals surface area contributed by atoms with Gasteiger partial charge in [0.05, 0.1) is 14.2 Å². The number of carbonyl (C=O) groups excluding carboxylic acids is 2. The van der Waals surface area contributed by atoms with Crippen LogP contribution < -0.4 is 14.8 Å². The van der Waals surface area contributed by atoms with Gasteiger partial charge < -0.3 is 29.5 Å². The minimum atomic E-state index is -1.12. The molecule has 1 aliphatic heterocycles. The van der Waals surface area contributed by atoms with Crippen LogP contribution in [-0.2, 0) is 14.3 Å². The fraction of sp³-hybridized carbons (Fsp3) is 0.344. The van der Waals surface area contributed by atoms with Gasteiger partial charge in [0.2, 0.25) is 5.91 Å². The molecule has 0 spiro atoms. The smallest absolute Gasteiger partial charge is 0.407 e. The maximum absolute atomic E-state index is 14.0. The number of amides is 2. The molecule has 3 aromatic carbocycles. The Kier molecular flexibility index (Phi) is 8.63. The number of benzene rings is 3. The highest BCUT2D eigenvalue weighted by molar-refractivity contribution is 7.99. The number of carboxylic acids is 1. The Morgan fingerprint density at radius 2 is 1.60 bits per heavy atom. The molecule has 0 radical (unpaired) electrons. The first-order chi connectivity index (χ1) is 20.2. The number of hydrogen-bond acceptors (Lipinski definition) is 7. The maximum atomic E-state index is 14.0. The number of alkyl carbamates (subject to hydrolysis) is 1. The summed E-state index contributed by atoms with van der Waals surface area (Å²) in [5.41, 5.74) is 5.03. The highest BCUT2D eigenvalue weighted by Gasteiger charge is 2.46. The Bertz CT molecular complexity index is 1450. The molecule has 5 rings (SSSR count). The van der Waals surface area contributed by atoms with Crippen molar-refractivity contribution in [3.63, 3.8) is 0 Å². The third-order valence-corrected chi connectivity index (χ3v) is 9.10. The molecule has 10 heteroatoms. The Morgan fingerprint density at radius 1 is 0.952 bits per heavy atom. The zero-order valence-corrected chi connectivity index (χ0v) is 24.7. The molecule has 1 aliphatic carbocycles. The van der Waals surface area contributed by atoms with E-state index in [9.17, 15) is 19.5 Å². The second-order valence-corrected chi connectivity index (χ2v) is 11.7. The minimum Gasteiger partial charge on any atom is -0.497 e. The fourth-order valence-electron chi connectivity index (χ4n) is 5.67. The number of carboxylic acid groups (broad SMARTS) is 1. The minimum absolute atomic E-state index is 0.0991. The van der Waals surface area contributed by atoms with E-state index in [1.165, 1.54) is 30.9 Å². The molecule has 220 valence electrons. The van der Waals surface area contributed by atoms with E-state index in [0.717, 1.165) is 22.3 Å². The molecule has 2 amide bonds. The van der Waals surface area contributed by atoms with Gasteiger partial charge in [-0.25, -0.2) is 9.59 Å². The van der Waals surface area contributed by atoms with Gasteiger partial charge in [-0.3, -0.25) is 4.79 Å². The Balaban J connectivity index is 1.35. The molecule has 0 bridgehead atoms. The lowest BCUT2D eigenvalue weighted by molar-refractivity contribution is -0.150. The normalized spacial score (nSPS) is 18.3. The van der Waals surface area contributed by atoms with E-state index >= 15 is 0 Å². The SMILES string of the molecule is COc1ccc([C@H]2SC[C@@H](C(=O)O)N2C(=O)[C@H](NC(=O)OCC2c3ccccc3-c3ccccc32)C(C)C)c(OC)c1. The van der Waals surface area contributed by atoms with Crippen LogP contribution in [0, 0.1) is 5.92 Å². The van der Waals surface area contributed by atoms with Gasteiger partial charge in [-0.2, -0.15) is 0 Å². The van der Waals surface area contributed by atoms with E-state index < -0.39 is 35.4 Å². The highest BCUT2D eigenvalue weighted by Crippen LogP contribution is 2.46. The van der Waals surface area contributed by atoms with Crippen molar-refractivity contribution >= 4 is 29.7 Å². The molecule has 42 heavy (non-hydrogen) atoms. The van der Waals surface area contributed by atoms with Crippen LogP contribution in [0.25, 0.3) is 11.1 Å². The molecular weight excluding hydrogens is 556 g/mol. The first kappa shape index (κ1) is 29.3. The van der Waals surface area contributed by atoms with E-state index in [4.69, 9.17) is 14.2 Å². The Labute approximate surface area is 249 Å². The average Bonchev–Trinajstić information content (AvgIpc) is 3.58. The number of carbonyl (C=O) groups is 3. The monoisotopic (exact) mass is 590 g/mol. The lowest BCUT2D eigenvalue weighted by Crippen LogP contribution is -2.54. The Hall–Kier alpha value is -4.18. The number of ether oxygens (including phenoxy) is 3. The van der Waals surface area contributed by atoms with Crippen molar-refractivity contribution < 1.29 is 33.7 Å². The van der Waals surface area contributed by atoms with Gasteiger partial charge in [-0.1, -0.05) is 62.4 Å². The average molecular weight is 591 g/mol. The van der Waals surface area contributed by atoms with Crippen LogP contribution >= 0.6 is 11.8 Å². The predicted molar refractivity (Wildman–Crippen MR) is 160 cm³/mol. The summed E-state index contributed by atoms with van der Waals surface area (Å²) < 4.78 is 16.6. The van der Waals surface area contributed by atoms with Gasteiger partial charge in [0, 0.05) is 23.3 Å². The summed E-state index contributed by atoms with van der Waals surface area (Å²) in [5, 5.41) is 12.1. The largest absolute Gasteiger partial charge is 0.497 e. The van der Waals surface area contributed by atoms with Crippen LogP contribution in [0.5, 0.6) is 11.5 Å². The summed E-state index contributed by atoms with van der Waals surface area (Å²) in [6.07, 6.45) is -0.735. The molecule has 0 unspecified atom stereocenters. The quantitative estimate of drug-likeness (QED) is 0.345. The highest BCUT2D eigenvalue weighted by atomic mass is 32.2. The van der Waals surface area contributed by atoms with Crippen LogP contribution in [0.3, 0.4) is 0 Å². The number of aliphatic carboxylic acids is 1. The molecule has 2 N–H and O–H groups in total. The first-order valence-electron chi connectivity index (χ1n) is 13.7. The van der Waals surface area contributed by atoms with Crippen LogP contribution in [0.4, 0.5) is 4.79 Å². The summed E-state index contributed by atoms with van der Waals surface area (Å²) in [4.78, 5) is 40.8. The van der Waals surface area contributed by atoms with Gasteiger partial charge in [0.25, 0.3) is 0 Å². The van der Waals surface area contributed by atoms with Crippen molar-refractivity contribution in [3.05, 3.63) is 83.4 Å². The number of rotatable bonds is 9. The molecule has 1 fully saturated rings. The molecule has 3 aromatic rings. The van der Waals surface area contributed by atoms with Crippen molar-refractivity contribution in [1.29, 1.82) is 0 Å². The van der Waals surface area contributed by atoms with Gasteiger partial charge >= 0.3 is 12.1 Å². The molecule has 1 heterocycles. The summed E-state index contributed by atoms with van der Waals surface area (Å²) in [7, 11) is 3.05. The summed E-state index contributed by atoms with van der Waals surface area (Å²) >= 11 is 1.33. The fourth-order valence-corrected chi connectivity index (χ4v) is 7.12. The zero-order chi connectivity index (χ0) is 30.0. The van der Waals surface area contributed by atoms with Crippen LogP contribution in [0.1, 0.15) is 41.8 Å². The lowest BCUT2D eigenvalue weighted by Gasteiger charge is -2.33. The van der Waals surface area contributed by atoms with Crippen molar-refractivity contribution in [2.24, 2.45) is 5.92 Å². The van der Waals surface area contributed by atoms with Gasteiger partial charge in [-0.05, 0) is 40.3 Å². The van der Waals surface area contributed by atoms with E-state index in [2.05, 4.69) is 17.4 Å². The number of nitrogens with one attached hydrogen (secondary N) is 1. The summed E-state index contributed by atoms with van der Waals surface area (Å²) in [5.74, 6) is -0.847. The Morgan fingerprint density at radius 3 is 2.17 bits per heavy atom. The van der Waals surface area contributed by atoms with E-state index in [1.807, 2.05) is 36.4 Å². The molecule has 0 aromatic heterocycles. The molecule has 2 aliphatic rings. The number of thioether (sulfide) groups is 1. The van der Waals surface area contributed by atoms with Crippen LogP contribution in [0.2, 0.25) is 0 Å². The maximum Gasteiger partial charge on any atom is 0.407 e. The van der Waals surface area contributed by atoms with Gasteiger partial charge in [0.1, 0.15) is 35.6 Å². The zero-order valence-electron chi connectivity index (χ0n) is 23.9. The molecule has 0 saturated carbocycles. The van der Waals surface area contributed by atoms with Gasteiger partial charge in [-0.15, -0.1) is 11.8 Å². The summed E-state index contributed by atoms with van der Waals surface area (Å²) in [6, 6.07) is 19.2. The first-order valence-corrected chi connectivity index (χ1v) is 14.8. The molecule has 9 nitrogen and oxygen atoms in total. The molecule has 3 atom stereocenters. The topological polar surface area (TPSA) is 114 Å². The second kappa shape index (κ2) is 12.4. The number of methoxy groups -OCH3 is 2. The van der Waals surface area contributed by atoms with E-state index in [-0.39, 0.29) is 24.2 Å². The third-order valence-electron chi connectivity index (χ3n) is 7.80.